The van der Waals surface area contributed by atoms with E-state index in [1.807, 2.05) is 31.2 Å². The van der Waals surface area contributed by atoms with Gasteiger partial charge in [-0.25, -0.2) is 9.78 Å². The van der Waals surface area contributed by atoms with Crippen LogP contribution >= 0.6 is 34.5 Å². The van der Waals surface area contributed by atoms with Crippen LogP contribution in [-0.4, -0.2) is 23.8 Å². The summed E-state index contributed by atoms with van der Waals surface area (Å²) < 4.78 is 12.2. The summed E-state index contributed by atoms with van der Waals surface area (Å²) >= 11 is 13.4. The highest BCUT2D eigenvalue weighted by Gasteiger charge is 2.14. The van der Waals surface area contributed by atoms with E-state index in [1.165, 1.54) is 17.4 Å². The van der Waals surface area contributed by atoms with Gasteiger partial charge in [-0.15, -0.1) is 0 Å². The molecule has 6 nitrogen and oxygen atoms in total. The zero-order valence-electron chi connectivity index (χ0n) is 16.8. The minimum atomic E-state index is -0.566. The van der Waals surface area contributed by atoms with E-state index in [0.29, 0.717) is 28.3 Å². The van der Waals surface area contributed by atoms with Gasteiger partial charge in [0.25, 0.3) is 0 Å². The van der Waals surface area contributed by atoms with Crippen molar-refractivity contribution in [3.05, 3.63) is 81.8 Å². The number of hydrogen-bond donors (Lipinski definition) is 1. The van der Waals surface area contributed by atoms with E-state index in [4.69, 9.17) is 32.7 Å². The maximum atomic E-state index is 12.5. The molecule has 4 rings (SSSR count). The molecule has 32 heavy (non-hydrogen) atoms. The molecule has 4 aromatic rings. The van der Waals surface area contributed by atoms with Crippen molar-refractivity contribution in [2.24, 2.45) is 5.10 Å². The third-order valence-electron chi connectivity index (χ3n) is 4.29. The molecule has 0 radical (unpaired) electrons. The minimum absolute atomic E-state index is 0.276. The second-order valence-corrected chi connectivity index (χ2v) is 8.36. The van der Waals surface area contributed by atoms with Crippen LogP contribution in [-0.2, 0) is 0 Å². The van der Waals surface area contributed by atoms with Crippen LogP contribution in [0, 0.1) is 0 Å². The van der Waals surface area contributed by atoms with Crippen molar-refractivity contribution in [1.82, 2.24) is 4.98 Å². The fourth-order valence-corrected chi connectivity index (χ4v) is 3.94. The molecule has 0 fully saturated rings. The zero-order valence-corrected chi connectivity index (χ0v) is 19.2. The van der Waals surface area contributed by atoms with Gasteiger partial charge in [-0.1, -0.05) is 46.7 Å². The second-order valence-electron chi connectivity index (χ2n) is 6.51. The number of rotatable bonds is 7. The Balaban J connectivity index is 1.48. The van der Waals surface area contributed by atoms with Crippen LogP contribution in [0.15, 0.2) is 65.8 Å². The summed E-state index contributed by atoms with van der Waals surface area (Å²) in [5.74, 6) is 0.146. The molecule has 0 atom stereocenters. The maximum Gasteiger partial charge on any atom is 0.343 e. The first-order valence-electron chi connectivity index (χ1n) is 9.62. The molecule has 0 unspecified atom stereocenters. The van der Waals surface area contributed by atoms with Crippen LogP contribution in [0.4, 0.5) is 5.13 Å². The first-order valence-corrected chi connectivity index (χ1v) is 11.2. The van der Waals surface area contributed by atoms with Crippen molar-refractivity contribution in [3.63, 3.8) is 0 Å². The highest BCUT2D eigenvalue weighted by molar-refractivity contribution is 7.22. The van der Waals surface area contributed by atoms with E-state index in [9.17, 15) is 4.79 Å². The molecule has 0 saturated heterocycles. The van der Waals surface area contributed by atoms with Gasteiger partial charge in [0, 0.05) is 0 Å². The molecule has 0 aliphatic carbocycles. The standard InChI is InChI=1S/C23H17Cl2N3O3S/c1-2-30-20-11-14(13-26-28-23-27-18-5-3-4-6-21(18)32-23)7-10-19(20)31-22(29)15-8-9-16(24)17(25)12-15/h3-13H,2H2,1H3,(H,27,28)/b26-13-. The summed E-state index contributed by atoms with van der Waals surface area (Å²) in [6, 6.07) is 17.6. The highest BCUT2D eigenvalue weighted by Crippen LogP contribution is 2.30. The molecule has 162 valence electrons. The molecule has 0 bridgehead atoms. The quantitative estimate of drug-likeness (QED) is 0.137. The Bertz CT molecular complexity index is 1270. The number of carbonyl (C=O) groups is 1. The van der Waals surface area contributed by atoms with Gasteiger partial charge in [0.15, 0.2) is 11.5 Å². The van der Waals surface area contributed by atoms with Crippen LogP contribution in [0.5, 0.6) is 11.5 Å². The Kier molecular flexibility index (Phi) is 6.90. The summed E-state index contributed by atoms with van der Waals surface area (Å²) in [6.45, 7) is 2.25. The van der Waals surface area contributed by atoms with Crippen LogP contribution in [0.25, 0.3) is 10.2 Å². The third-order valence-corrected chi connectivity index (χ3v) is 5.97. The molecule has 0 aliphatic rings. The topological polar surface area (TPSA) is 72.8 Å². The summed E-state index contributed by atoms with van der Waals surface area (Å²) in [5.41, 5.74) is 4.90. The molecule has 1 heterocycles. The second kappa shape index (κ2) is 9.99. The van der Waals surface area contributed by atoms with Crippen LogP contribution < -0.4 is 14.9 Å². The minimum Gasteiger partial charge on any atom is -0.490 e. The number of para-hydroxylation sites is 1. The first-order chi connectivity index (χ1) is 15.5. The smallest absolute Gasteiger partial charge is 0.343 e. The van der Waals surface area contributed by atoms with Gasteiger partial charge in [0.2, 0.25) is 5.13 Å². The number of anilines is 1. The van der Waals surface area contributed by atoms with E-state index in [-0.39, 0.29) is 10.6 Å². The number of ether oxygens (including phenoxy) is 2. The average Bonchev–Trinajstić information content (AvgIpc) is 3.20. The van der Waals surface area contributed by atoms with Gasteiger partial charge in [-0.3, -0.25) is 5.43 Å². The van der Waals surface area contributed by atoms with E-state index in [0.717, 1.165) is 15.8 Å². The van der Waals surface area contributed by atoms with Crippen molar-refractivity contribution in [2.75, 3.05) is 12.0 Å². The summed E-state index contributed by atoms with van der Waals surface area (Å²) in [5, 5.41) is 5.58. The Morgan fingerprint density at radius 3 is 2.72 bits per heavy atom. The molecule has 0 saturated carbocycles. The Hall–Kier alpha value is -3.13. The van der Waals surface area contributed by atoms with Gasteiger partial charge in [-0.05, 0) is 61.0 Å². The Morgan fingerprint density at radius 1 is 1.09 bits per heavy atom. The lowest BCUT2D eigenvalue weighted by molar-refractivity contribution is 0.0728. The number of halogens is 2. The third kappa shape index (κ3) is 5.19. The molecule has 0 amide bonds. The van der Waals surface area contributed by atoms with Gasteiger partial charge >= 0.3 is 5.97 Å². The summed E-state index contributed by atoms with van der Waals surface area (Å²) in [4.78, 5) is 17.0. The van der Waals surface area contributed by atoms with Crippen molar-refractivity contribution in [1.29, 1.82) is 0 Å². The lowest BCUT2D eigenvalue weighted by atomic mass is 10.2. The Labute approximate surface area is 198 Å². The number of hydrogen-bond acceptors (Lipinski definition) is 7. The molecule has 0 aliphatic heterocycles. The molecular weight excluding hydrogens is 469 g/mol. The van der Waals surface area contributed by atoms with Crippen LogP contribution in [0.1, 0.15) is 22.8 Å². The Morgan fingerprint density at radius 2 is 1.94 bits per heavy atom. The van der Waals surface area contributed by atoms with E-state index >= 15 is 0 Å². The number of aromatic nitrogens is 1. The highest BCUT2D eigenvalue weighted by atomic mass is 35.5. The lowest BCUT2D eigenvalue weighted by Crippen LogP contribution is -2.10. The first kappa shape index (κ1) is 22.1. The van der Waals surface area contributed by atoms with Crippen molar-refractivity contribution in [3.8, 4) is 11.5 Å². The van der Waals surface area contributed by atoms with Gasteiger partial charge in [-0.2, -0.15) is 5.10 Å². The van der Waals surface area contributed by atoms with Crippen molar-refractivity contribution in [2.45, 2.75) is 6.92 Å². The normalized spacial score (nSPS) is 11.1. The molecule has 9 heteroatoms. The van der Waals surface area contributed by atoms with Crippen molar-refractivity contribution < 1.29 is 14.3 Å². The van der Waals surface area contributed by atoms with Gasteiger partial charge < -0.3 is 9.47 Å². The molecule has 1 aromatic heterocycles. The summed E-state index contributed by atoms with van der Waals surface area (Å²) in [6.07, 6.45) is 1.64. The van der Waals surface area contributed by atoms with Crippen molar-refractivity contribution >= 4 is 62.1 Å². The number of esters is 1. The van der Waals surface area contributed by atoms with E-state index in [2.05, 4.69) is 15.5 Å². The maximum absolute atomic E-state index is 12.5. The largest absolute Gasteiger partial charge is 0.490 e. The monoisotopic (exact) mass is 485 g/mol. The number of nitrogens with one attached hydrogen (secondary N) is 1. The summed E-state index contributed by atoms with van der Waals surface area (Å²) in [7, 11) is 0. The van der Waals surface area contributed by atoms with Crippen LogP contribution in [0.3, 0.4) is 0 Å². The number of carbonyl (C=O) groups excluding carboxylic acids is 1. The number of benzene rings is 3. The fourth-order valence-electron chi connectivity index (χ4n) is 2.82. The van der Waals surface area contributed by atoms with E-state index in [1.54, 1.807) is 36.5 Å². The fraction of sp³-hybridized carbons (Fsp3) is 0.0870. The molecule has 1 N–H and O–H groups in total. The number of fused-ring (bicyclic) bond motifs is 1. The van der Waals surface area contributed by atoms with Gasteiger partial charge in [0.1, 0.15) is 0 Å². The zero-order chi connectivity index (χ0) is 22.5. The van der Waals surface area contributed by atoms with E-state index < -0.39 is 5.97 Å². The number of hydrazone groups is 1. The number of thiazole rings is 1. The lowest BCUT2D eigenvalue weighted by Gasteiger charge is -2.11. The predicted octanol–water partition coefficient (Wildman–Crippen LogP) is 6.67. The molecular formula is C23H17Cl2N3O3S. The predicted molar refractivity (Wildman–Crippen MR) is 130 cm³/mol. The number of nitrogens with zero attached hydrogens (tertiary/aromatic N) is 2. The van der Waals surface area contributed by atoms with Crippen LogP contribution in [0.2, 0.25) is 10.0 Å². The molecule has 3 aromatic carbocycles. The SMILES string of the molecule is CCOc1cc(/C=N\Nc2nc3ccccc3s2)ccc1OC(=O)c1ccc(Cl)c(Cl)c1. The van der Waals surface area contributed by atoms with Gasteiger partial charge in [0.05, 0.1) is 38.6 Å². The molecule has 0 spiro atoms. The average molecular weight is 486 g/mol.